The van der Waals surface area contributed by atoms with E-state index in [-0.39, 0.29) is 23.1 Å². The third-order valence-electron chi connectivity index (χ3n) is 4.65. The van der Waals surface area contributed by atoms with Crippen LogP contribution in [0.25, 0.3) is 22.2 Å². The molecular weight excluding hydrogens is 381 g/mol. The summed E-state index contributed by atoms with van der Waals surface area (Å²) in [6.45, 7) is -0.0349. The highest BCUT2D eigenvalue weighted by atomic mass is 19.4. The molecule has 0 radical (unpaired) electrons. The molecule has 0 aliphatic heterocycles. The van der Waals surface area contributed by atoms with Crippen molar-refractivity contribution >= 4 is 17.0 Å². The van der Waals surface area contributed by atoms with Gasteiger partial charge >= 0.3 is 12.1 Å². The minimum Gasteiger partial charge on any atom is -0.478 e. The molecule has 1 heterocycles. The number of carboxylic acids is 1. The van der Waals surface area contributed by atoms with Crippen molar-refractivity contribution in [2.75, 3.05) is 0 Å². The van der Waals surface area contributed by atoms with Crippen LogP contribution >= 0.6 is 0 Å². The largest absolute Gasteiger partial charge is 0.478 e. The van der Waals surface area contributed by atoms with E-state index in [9.17, 15) is 18.0 Å². The molecule has 1 aromatic heterocycles. The molecule has 3 aromatic carbocycles. The summed E-state index contributed by atoms with van der Waals surface area (Å²) in [4.78, 5) is 14.8. The summed E-state index contributed by atoms with van der Waals surface area (Å²) < 4.78 is 41.7. The lowest BCUT2D eigenvalue weighted by atomic mass is 10.0. The maximum atomic E-state index is 13.5. The standard InChI is InChI=1S/C22H15F3N2O2/c23-22(24,25)21-26-18-12-17(20(28)29)10-11-19(18)27(21)13-14-6-8-16(9-7-14)15-4-2-1-3-5-15/h1-12H,13H2,(H,28,29). The van der Waals surface area contributed by atoms with E-state index in [0.717, 1.165) is 21.8 Å². The fraction of sp³-hybridized carbons (Fsp3) is 0.0909. The molecule has 0 saturated carbocycles. The van der Waals surface area contributed by atoms with E-state index in [2.05, 4.69) is 4.98 Å². The van der Waals surface area contributed by atoms with Gasteiger partial charge < -0.3 is 9.67 Å². The lowest BCUT2D eigenvalue weighted by Gasteiger charge is -2.12. The molecule has 0 atom stereocenters. The molecule has 4 aromatic rings. The lowest BCUT2D eigenvalue weighted by Crippen LogP contribution is -2.15. The first-order chi connectivity index (χ1) is 13.8. The van der Waals surface area contributed by atoms with E-state index in [1.807, 2.05) is 42.5 Å². The van der Waals surface area contributed by atoms with Gasteiger partial charge in [-0.15, -0.1) is 0 Å². The number of hydrogen-bond acceptors (Lipinski definition) is 2. The van der Waals surface area contributed by atoms with Crippen LogP contribution in [0, 0.1) is 0 Å². The normalized spacial score (nSPS) is 11.7. The molecule has 146 valence electrons. The van der Waals surface area contributed by atoms with Crippen LogP contribution < -0.4 is 0 Å². The zero-order valence-corrected chi connectivity index (χ0v) is 15.0. The van der Waals surface area contributed by atoms with E-state index >= 15 is 0 Å². The summed E-state index contributed by atoms with van der Waals surface area (Å²) in [5.74, 6) is -2.27. The molecule has 0 saturated heterocycles. The molecule has 0 fully saturated rings. The highest BCUT2D eigenvalue weighted by molar-refractivity contribution is 5.92. The van der Waals surface area contributed by atoms with Crippen molar-refractivity contribution in [1.29, 1.82) is 0 Å². The second-order valence-corrected chi connectivity index (χ2v) is 6.59. The van der Waals surface area contributed by atoms with Crippen molar-refractivity contribution in [3.63, 3.8) is 0 Å². The zero-order chi connectivity index (χ0) is 20.6. The lowest BCUT2D eigenvalue weighted by molar-refractivity contribution is -0.146. The predicted octanol–water partition coefficient (Wildman–Crippen LogP) is 5.47. The van der Waals surface area contributed by atoms with Gasteiger partial charge in [-0.25, -0.2) is 9.78 Å². The van der Waals surface area contributed by atoms with Crippen LogP contribution in [0.2, 0.25) is 0 Å². The van der Waals surface area contributed by atoms with Crippen molar-refractivity contribution in [2.45, 2.75) is 12.7 Å². The fourth-order valence-electron chi connectivity index (χ4n) is 3.26. The number of carboxylic acid groups (broad SMARTS) is 1. The Morgan fingerprint density at radius 3 is 2.21 bits per heavy atom. The number of aromatic nitrogens is 2. The third kappa shape index (κ3) is 3.71. The molecule has 4 nitrogen and oxygen atoms in total. The van der Waals surface area contributed by atoms with Crippen LogP contribution in [0.5, 0.6) is 0 Å². The van der Waals surface area contributed by atoms with Crippen LogP contribution in [-0.2, 0) is 12.7 Å². The summed E-state index contributed by atoms with van der Waals surface area (Å²) >= 11 is 0. The maximum Gasteiger partial charge on any atom is 0.449 e. The first kappa shape index (κ1) is 18.7. The number of hydrogen-bond donors (Lipinski definition) is 1. The summed E-state index contributed by atoms with van der Waals surface area (Å²) in [6.07, 6.45) is -4.66. The van der Waals surface area contributed by atoms with Gasteiger partial charge in [0, 0.05) is 6.54 Å². The molecule has 1 N–H and O–H groups in total. The maximum absolute atomic E-state index is 13.5. The van der Waals surface area contributed by atoms with Gasteiger partial charge in [-0.2, -0.15) is 13.2 Å². The minimum absolute atomic E-state index is 0.00173. The monoisotopic (exact) mass is 396 g/mol. The molecule has 29 heavy (non-hydrogen) atoms. The Morgan fingerprint density at radius 1 is 0.931 bits per heavy atom. The van der Waals surface area contributed by atoms with E-state index in [4.69, 9.17) is 5.11 Å². The second kappa shape index (κ2) is 7.09. The van der Waals surface area contributed by atoms with Gasteiger partial charge in [-0.05, 0) is 34.9 Å². The van der Waals surface area contributed by atoms with Gasteiger partial charge in [0.1, 0.15) is 0 Å². The SMILES string of the molecule is O=C(O)c1ccc2c(c1)nc(C(F)(F)F)n2Cc1ccc(-c2ccccc2)cc1. The fourth-order valence-corrected chi connectivity index (χ4v) is 3.26. The average molecular weight is 396 g/mol. The summed E-state index contributed by atoms with van der Waals surface area (Å²) in [7, 11) is 0. The molecule has 0 aliphatic carbocycles. The Balaban J connectivity index is 1.74. The van der Waals surface area contributed by atoms with Gasteiger partial charge in [0.05, 0.1) is 16.6 Å². The van der Waals surface area contributed by atoms with E-state index < -0.39 is 18.0 Å². The highest BCUT2D eigenvalue weighted by Crippen LogP contribution is 2.32. The molecule has 0 bridgehead atoms. The van der Waals surface area contributed by atoms with Crippen LogP contribution in [0.1, 0.15) is 21.7 Å². The third-order valence-corrected chi connectivity index (χ3v) is 4.65. The number of halogens is 3. The van der Waals surface area contributed by atoms with Crippen LogP contribution in [-0.4, -0.2) is 20.6 Å². The number of benzene rings is 3. The summed E-state index contributed by atoms with van der Waals surface area (Å²) in [5, 5.41) is 9.08. The molecule has 0 unspecified atom stereocenters. The van der Waals surface area contributed by atoms with E-state index in [1.54, 1.807) is 12.1 Å². The Kier molecular flexibility index (Phi) is 4.58. The average Bonchev–Trinajstić information content (AvgIpc) is 3.07. The first-order valence-electron chi connectivity index (χ1n) is 8.78. The molecule has 0 spiro atoms. The number of nitrogens with zero attached hydrogens (tertiary/aromatic N) is 2. The van der Waals surface area contributed by atoms with Gasteiger partial charge in [-0.3, -0.25) is 0 Å². The highest BCUT2D eigenvalue weighted by Gasteiger charge is 2.37. The van der Waals surface area contributed by atoms with Crippen LogP contribution in [0.15, 0.2) is 72.8 Å². The molecule has 0 amide bonds. The Bertz CT molecular complexity index is 1180. The van der Waals surface area contributed by atoms with Crippen molar-refractivity contribution in [3.05, 3.63) is 89.7 Å². The molecule has 7 heteroatoms. The number of imidazole rings is 1. The Morgan fingerprint density at radius 2 is 1.59 bits per heavy atom. The Hall–Kier alpha value is -3.61. The zero-order valence-electron chi connectivity index (χ0n) is 15.0. The number of alkyl halides is 3. The van der Waals surface area contributed by atoms with Crippen LogP contribution in [0.4, 0.5) is 13.2 Å². The minimum atomic E-state index is -4.66. The quantitative estimate of drug-likeness (QED) is 0.498. The number of fused-ring (bicyclic) bond motifs is 1. The predicted molar refractivity (Wildman–Crippen MR) is 103 cm³/mol. The second-order valence-electron chi connectivity index (χ2n) is 6.59. The summed E-state index contributed by atoms with van der Waals surface area (Å²) in [5.41, 5.74) is 2.78. The summed E-state index contributed by atoms with van der Waals surface area (Å²) in [6, 6.07) is 20.7. The molecule has 0 aliphatic rings. The smallest absolute Gasteiger partial charge is 0.449 e. The number of aromatic carboxylic acids is 1. The molecular formula is C22H15F3N2O2. The number of rotatable bonds is 4. The topological polar surface area (TPSA) is 55.1 Å². The van der Waals surface area contributed by atoms with E-state index in [1.165, 1.54) is 12.1 Å². The van der Waals surface area contributed by atoms with Crippen molar-refractivity contribution in [1.82, 2.24) is 9.55 Å². The Labute approximate surface area is 163 Å². The first-order valence-corrected chi connectivity index (χ1v) is 8.78. The van der Waals surface area contributed by atoms with Gasteiger partial charge in [0.2, 0.25) is 5.82 Å². The van der Waals surface area contributed by atoms with E-state index in [0.29, 0.717) is 5.56 Å². The van der Waals surface area contributed by atoms with Crippen molar-refractivity contribution < 1.29 is 23.1 Å². The van der Waals surface area contributed by atoms with Crippen molar-refractivity contribution in [3.8, 4) is 11.1 Å². The van der Waals surface area contributed by atoms with Crippen LogP contribution in [0.3, 0.4) is 0 Å². The molecule has 4 rings (SSSR count). The number of carbonyl (C=O) groups is 1. The van der Waals surface area contributed by atoms with Crippen molar-refractivity contribution in [2.24, 2.45) is 0 Å². The van der Waals surface area contributed by atoms with Gasteiger partial charge in [0.15, 0.2) is 0 Å². The van der Waals surface area contributed by atoms with Gasteiger partial charge in [0.25, 0.3) is 0 Å². The van der Waals surface area contributed by atoms with Gasteiger partial charge in [-0.1, -0.05) is 54.6 Å².